The first kappa shape index (κ1) is 19.9. The number of nitrogens with zero attached hydrogens (tertiary/aromatic N) is 6. The first-order chi connectivity index (χ1) is 16.2. The van der Waals surface area contributed by atoms with Gasteiger partial charge < -0.3 is 10.6 Å². The Morgan fingerprint density at radius 2 is 1.67 bits per heavy atom. The third-order valence-corrected chi connectivity index (χ3v) is 6.63. The van der Waals surface area contributed by atoms with Gasteiger partial charge >= 0.3 is 5.69 Å². The Morgan fingerprint density at radius 1 is 0.879 bits per heavy atom. The number of anilines is 2. The van der Waals surface area contributed by atoms with Crippen LogP contribution in [0.25, 0.3) is 16.9 Å². The highest BCUT2D eigenvalue weighted by molar-refractivity contribution is 5.73. The second kappa shape index (κ2) is 7.99. The smallest absolute Gasteiger partial charge is 0.334 e. The maximum absolute atomic E-state index is 12.7. The number of rotatable bonds is 6. The van der Waals surface area contributed by atoms with Gasteiger partial charge in [0.25, 0.3) is 0 Å². The molecule has 2 N–H and O–H groups in total. The second-order valence-electron chi connectivity index (χ2n) is 9.02. The fourth-order valence-corrected chi connectivity index (χ4v) is 4.67. The molecule has 9 heteroatoms. The molecular formula is C24H26N8O. The summed E-state index contributed by atoms with van der Waals surface area (Å²) in [5.41, 5.74) is 3.10. The summed E-state index contributed by atoms with van der Waals surface area (Å²) < 4.78 is 3.20. The van der Waals surface area contributed by atoms with Gasteiger partial charge in [0.15, 0.2) is 5.65 Å². The van der Waals surface area contributed by atoms with E-state index < -0.39 is 0 Å². The molecule has 2 fully saturated rings. The zero-order valence-electron chi connectivity index (χ0n) is 18.5. The standard InChI is InChI=1S/C24H26N8O/c1-31-20-3-2-10-25-23(20)32(24(31)33)18-8-9-21(27-12-18)29-16-6-7-17(11-16)30-22-14-26-19(13-28-22)15-4-5-15/h2-3,8-10,12-17H,4-7,11H2,1H3,(H,27,29)(H,28,30)/t16-,17-/m0/s1. The van der Waals surface area contributed by atoms with Crippen LogP contribution < -0.4 is 16.3 Å². The fourth-order valence-electron chi connectivity index (χ4n) is 4.67. The Kier molecular flexibility index (Phi) is 4.82. The van der Waals surface area contributed by atoms with Gasteiger partial charge in [-0.05, 0) is 56.4 Å². The van der Waals surface area contributed by atoms with Crippen LogP contribution >= 0.6 is 0 Å². The lowest BCUT2D eigenvalue weighted by molar-refractivity contribution is 0.719. The molecule has 0 spiro atoms. The molecule has 2 saturated carbocycles. The van der Waals surface area contributed by atoms with E-state index in [1.807, 2.05) is 36.7 Å². The molecule has 9 nitrogen and oxygen atoms in total. The Balaban J connectivity index is 1.11. The van der Waals surface area contributed by atoms with Crippen molar-refractivity contribution in [2.75, 3.05) is 10.6 Å². The van der Waals surface area contributed by atoms with Crippen molar-refractivity contribution in [3.05, 3.63) is 65.2 Å². The molecule has 0 saturated heterocycles. The number of hydrogen-bond donors (Lipinski definition) is 2. The maximum Gasteiger partial charge on any atom is 0.334 e. The molecular weight excluding hydrogens is 416 g/mol. The second-order valence-corrected chi connectivity index (χ2v) is 9.02. The van der Waals surface area contributed by atoms with Crippen molar-refractivity contribution in [3.8, 4) is 5.69 Å². The minimum Gasteiger partial charge on any atom is -0.367 e. The summed E-state index contributed by atoms with van der Waals surface area (Å²) in [6.45, 7) is 0. The Bertz CT molecular complexity index is 1340. The number of aryl methyl sites for hydroxylation is 1. The first-order valence-electron chi connectivity index (χ1n) is 11.5. The van der Waals surface area contributed by atoms with Crippen LogP contribution in [0.4, 0.5) is 11.6 Å². The Labute approximate surface area is 190 Å². The third-order valence-electron chi connectivity index (χ3n) is 6.63. The number of pyridine rings is 2. The van der Waals surface area contributed by atoms with Gasteiger partial charge in [0.1, 0.15) is 11.6 Å². The van der Waals surface area contributed by atoms with Crippen molar-refractivity contribution in [3.63, 3.8) is 0 Å². The monoisotopic (exact) mass is 442 g/mol. The minimum atomic E-state index is -0.135. The molecule has 2 aliphatic rings. The molecule has 0 radical (unpaired) electrons. The largest absolute Gasteiger partial charge is 0.367 e. The van der Waals surface area contributed by atoms with Crippen LogP contribution in [0.1, 0.15) is 43.7 Å². The molecule has 2 aliphatic carbocycles. The average Bonchev–Trinajstić information content (AvgIpc) is 3.55. The van der Waals surface area contributed by atoms with Crippen LogP contribution in [-0.2, 0) is 7.05 Å². The highest BCUT2D eigenvalue weighted by atomic mass is 16.1. The van der Waals surface area contributed by atoms with Gasteiger partial charge in [0.2, 0.25) is 0 Å². The molecule has 0 amide bonds. The van der Waals surface area contributed by atoms with Gasteiger partial charge in [-0.15, -0.1) is 0 Å². The lowest BCUT2D eigenvalue weighted by atomic mass is 10.2. The topological polar surface area (TPSA) is 103 Å². The number of nitrogens with one attached hydrogen (secondary N) is 2. The molecule has 0 aliphatic heterocycles. The van der Waals surface area contributed by atoms with Crippen LogP contribution in [0, 0.1) is 0 Å². The number of hydrogen-bond acceptors (Lipinski definition) is 7. The molecule has 0 aromatic carbocycles. The lowest BCUT2D eigenvalue weighted by Gasteiger charge is -2.16. The molecule has 4 heterocycles. The Hall–Kier alpha value is -3.75. The summed E-state index contributed by atoms with van der Waals surface area (Å²) in [5, 5.41) is 7.05. The summed E-state index contributed by atoms with van der Waals surface area (Å²) in [4.78, 5) is 30.8. The molecule has 168 valence electrons. The number of fused-ring (bicyclic) bond motifs is 1. The molecule has 4 aromatic rings. The van der Waals surface area contributed by atoms with Crippen LogP contribution in [0.3, 0.4) is 0 Å². The SMILES string of the molecule is Cn1c(=O)n(-c2ccc(N[C@H]3CC[C@H](Nc4cnc(C5CC5)cn4)C3)nc2)c2ncccc21. The highest BCUT2D eigenvalue weighted by Gasteiger charge is 2.27. The van der Waals surface area contributed by atoms with E-state index in [2.05, 4.69) is 30.6 Å². The average molecular weight is 443 g/mol. The van der Waals surface area contributed by atoms with E-state index >= 15 is 0 Å². The quantitative estimate of drug-likeness (QED) is 0.473. The molecule has 6 rings (SSSR count). The Morgan fingerprint density at radius 3 is 2.36 bits per heavy atom. The van der Waals surface area contributed by atoms with Gasteiger partial charge in [-0.25, -0.2) is 24.3 Å². The van der Waals surface area contributed by atoms with E-state index in [-0.39, 0.29) is 5.69 Å². The van der Waals surface area contributed by atoms with Crippen molar-refractivity contribution in [2.45, 2.75) is 50.1 Å². The predicted molar refractivity (Wildman–Crippen MR) is 127 cm³/mol. The molecule has 0 bridgehead atoms. The van der Waals surface area contributed by atoms with Crippen LogP contribution in [0.15, 0.2) is 53.8 Å². The van der Waals surface area contributed by atoms with Crippen LogP contribution in [0.5, 0.6) is 0 Å². The maximum atomic E-state index is 12.7. The van der Waals surface area contributed by atoms with Crippen molar-refractivity contribution in [1.29, 1.82) is 0 Å². The van der Waals surface area contributed by atoms with Gasteiger partial charge in [0.05, 0.1) is 35.5 Å². The molecule has 2 atom stereocenters. The number of imidazole rings is 1. The zero-order valence-corrected chi connectivity index (χ0v) is 18.5. The van der Waals surface area contributed by atoms with Crippen molar-refractivity contribution in [1.82, 2.24) is 29.1 Å². The first-order valence-corrected chi connectivity index (χ1v) is 11.5. The van der Waals surface area contributed by atoms with E-state index in [0.29, 0.717) is 29.3 Å². The lowest BCUT2D eigenvalue weighted by Crippen LogP contribution is -2.22. The third kappa shape index (κ3) is 3.83. The van der Waals surface area contributed by atoms with Gasteiger partial charge in [-0.3, -0.25) is 9.55 Å². The van der Waals surface area contributed by atoms with Gasteiger partial charge in [-0.2, -0.15) is 0 Å². The fraction of sp³-hybridized carbons (Fsp3) is 0.375. The highest BCUT2D eigenvalue weighted by Crippen LogP contribution is 2.38. The van der Waals surface area contributed by atoms with Gasteiger partial charge in [0, 0.05) is 31.2 Å². The molecule has 33 heavy (non-hydrogen) atoms. The van der Waals surface area contributed by atoms with Crippen molar-refractivity contribution in [2.24, 2.45) is 7.05 Å². The molecule has 0 unspecified atom stereocenters. The van der Waals surface area contributed by atoms with Crippen LogP contribution in [0.2, 0.25) is 0 Å². The summed E-state index contributed by atoms with van der Waals surface area (Å²) in [6.07, 6.45) is 12.8. The summed E-state index contributed by atoms with van der Waals surface area (Å²) in [5.74, 6) is 2.28. The summed E-state index contributed by atoms with van der Waals surface area (Å²) in [7, 11) is 1.75. The van der Waals surface area contributed by atoms with Crippen LogP contribution in [-0.4, -0.2) is 41.2 Å². The summed E-state index contributed by atoms with van der Waals surface area (Å²) in [6, 6.07) is 8.25. The minimum absolute atomic E-state index is 0.135. The van der Waals surface area contributed by atoms with E-state index in [1.54, 1.807) is 28.6 Å². The predicted octanol–water partition coefficient (Wildman–Crippen LogP) is 3.23. The van der Waals surface area contributed by atoms with E-state index in [4.69, 9.17) is 0 Å². The normalized spacial score (nSPS) is 20.3. The molecule has 4 aromatic heterocycles. The summed E-state index contributed by atoms with van der Waals surface area (Å²) >= 11 is 0. The van der Waals surface area contributed by atoms with E-state index in [9.17, 15) is 4.79 Å². The van der Waals surface area contributed by atoms with Crippen molar-refractivity contribution >= 4 is 22.8 Å². The van der Waals surface area contributed by atoms with Gasteiger partial charge in [-0.1, -0.05) is 0 Å². The van der Waals surface area contributed by atoms with E-state index in [1.165, 1.54) is 12.8 Å². The zero-order chi connectivity index (χ0) is 22.4. The number of aromatic nitrogens is 6. The van der Waals surface area contributed by atoms with E-state index in [0.717, 1.165) is 42.1 Å². The van der Waals surface area contributed by atoms with Crippen molar-refractivity contribution < 1.29 is 0 Å².